The third kappa shape index (κ3) is 2.90. The smallest absolute Gasteiger partial charge is 0.225 e. The monoisotopic (exact) mass is 297 g/mol. The van der Waals surface area contributed by atoms with Gasteiger partial charge in [-0.25, -0.2) is 0 Å². The van der Waals surface area contributed by atoms with Crippen molar-refractivity contribution in [1.82, 2.24) is 5.32 Å². The summed E-state index contributed by atoms with van der Waals surface area (Å²) in [6, 6.07) is 3.87. The van der Waals surface area contributed by atoms with Crippen molar-refractivity contribution in [3.8, 4) is 0 Å². The molecule has 0 saturated heterocycles. The van der Waals surface area contributed by atoms with Gasteiger partial charge in [0.25, 0.3) is 0 Å². The van der Waals surface area contributed by atoms with Gasteiger partial charge in [0.15, 0.2) is 0 Å². The van der Waals surface area contributed by atoms with Crippen LogP contribution in [0.5, 0.6) is 0 Å². The summed E-state index contributed by atoms with van der Waals surface area (Å²) in [4.78, 5) is 12.9. The van der Waals surface area contributed by atoms with E-state index in [4.69, 9.17) is 4.74 Å². The van der Waals surface area contributed by atoms with Crippen molar-refractivity contribution in [2.24, 2.45) is 5.41 Å². The number of ether oxygens (including phenoxy) is 1. The first-order valence-electron chi connectivity index (χ1n) is 7.02. The maximum Gasteiger partial charge on any atom is 0.225 e. The van der Waals surface area contributed by atoms with E-state index in [1.807, 2.05) is 38.3 Å². The molecular weight excluding hydrogens is 274 g/mol. The first kappa shape index (κ1) is 15.5. The van der Waals surface area contributed by atoms with E-state index < -0.39 is 5.60 Å². The molecule has 0 aliphatic heterocycles. The molecule has 0 bridgehead atoms. The van der Waals surface area contributed by atoms with Gasteiger partial charge in [0.2, 0.25) is 5.91 Å². The van der Waals surface area contributed by atoms with Gasteiger partial charge in [-0.1, -0.05) is 19.9 Å². The fourth-order valence-electron chi connectivity index (χ4n) is 2.64. The van der Waals surface area contributed by atoms with Gasteiger partial charge < -0.3 is 15.2 Å². The second kappa shape index (κ2) is 5.84. The Kier molecular flexibility index (Phi) is 4.52. The number of nitrogens with one attached hydrogen (secondary N) is 1. The summed E-state index contributed by atoms with van der Waals surface area (Å²) < 4.78 is 5.61. The van der Waals surface area contributed by atoms with Crippen LogP contribution in [-0.4, -0.2) is 35.9 Å². The van der Waals surface area contributed by atoms with Crippen molar-refractivity contribution in [3.63, 3.8) is 0 Å². The minimum absolute atomic E-state index is 0.0449. The summed E-state index contributed by atoms with van der Waals surface area (Å²) in [7, 11) is 0. The maximum atomic E-state index is 11.9. The van der Waals surface area contributed by atoms with Gasteiger partial charge in [0.05, 0.1) is 18.1 Å². The van der Waals surface area contributed by atoms with E-state index in [2.05, 4.69) is 5.32 Å². The van der Waals surface area contributed by atoms with Crippen molar-refractivity contribution in [2.45, 2.75) is 45.3 Å². The number of carbonyl (C=O) groups is 1. The number of aliphatic hydroxyl groups is 1. The van der Waals surface area contributed by atoms with Crippen LogP contribution in [0.25, 0.3) is 0 Å². The van der Waals surface area contributed by atoms with E-state index in [1.165, 1.54) is 0 Å². The highest BCUT2D eigenvalue weighted by Gasteiger charge is 2.59. The van der Waals surface area contributed by atoms with E-state index in [-0.39, 0.29) is 24.0 Å². The van der Waals surface area contributed by atoms with Crippen LogP contribution >= 0.6 is 11.3 Å². The minimum atomic E-state index is -0.877. The Morgan fingerprint density at radius 1 is 1.60 bits per heavy atom. The Hall–Kier alpha value is -0.910. The molecular formula is C15H23NO3S. The molecule has 1 fully saturated rings. The summed E-state index contributed by atoms with van der Waals surface area (Å²) >= 11 is 1.57. The zero-order valence-electron chi connectivity index (χ0n) is 12.3. The minimum Gasteiger partial charge on any atom is -0.387 e. The third-order valence-corrected chi connectivity index (χ3v) is 5.26. The molecule has 0 unspecified atom stereocenters. The van der Waals surface area contributed by atoms with Crippen LogP contribution in [-0.2, 0) is 16.0 Å². The molecule has 1 heterocycles. The Morgan fingerprint density at radius 3 is 2.90 bits per heavy atom. The van der Waals surface area contributed by atoms with Crippen LogP contribution in [0.15, 0.2) is 17.5 Å². The third-order valence-electron chi connectivity index (χ3n) is 4.39. The molecule has 0 spiro atoms. The Balaban J connectivity index is 1.83. The molecule has 2 atom stereocenters. The van der Waals surface area contributed by atoms with Gasteiger partial charge in [0.1, 0.15) is 0 Å². The molecule has 0 aromatic carbocycles. The lowest BCUT2D eigenvalue weighted by Gasteiger charge is -2.57. The van der Waals surface area contributed by atoms with Crippen molar-refractivity contribution in [3.05, 3.63) is 22.4 Å². The average molecular weight is 297 g/mol. The lowest BCUT2D eigenvalue weighted by molar-refractivity contribution is -0.238. The molecule has 4 nitrogen and oxygen atoms in total. The zero-order chi connectivity index (χ0) is 14.8. The zero-order valence-corrected chi connectivity index (χ0v) is 13.1. The summed E-state index contributed by atoms with van der Waals surface area (Å²) in [6.07, 6.45) is 1.02. The fourth-order valence-corrected chi connectivity index (χ4v) is 3.34. The van der Waals surface area contributed by atoms with Crippen molar-refractivity contribution >= 4 is 17.2 Å². The summed E-state index contributed by atoms with van der Waals surface area (Å²) in [5.41, 5.74) is -1.21. The van der Waals surface area contributed by atoms with Crippen LogP contribution in [0, 0.1) is 5.41 Å². The van der Waals surface area contributed by atoms with E-state index in [1.54, 1.807) is 11.3 Å². The number of hydrogen-bond donors (Lipinski definition) is 2. The van der Waals surface area contributed by atoms with Crippen molar-refractivity contribution < 1.29 is 14.6 Å². The van der Waals surface area contributed by atoms with E-state index in [9.17, 15) is 9.90 Å². The van der Waals surface area contributed by atoms with Gasteiger partial charge in [-0.15, -0.1) is 11.3 Å². The summed E-state index contributed by atoms with van der Waals surface area (Å²) in [5, 5.41) is 15.4. The SMILES string of the molecule is CCO[C@H]1C[C@](O)(CNC(=O)Cc2cccs2)C1(C)C. The lowest BCUT2D eigenvalue weighted by Crippen LogP contribution is -2.68. The molecule has 5 heteroatoms. The highest BCUT2D eigenvalue weighted by Crippen LogP contribution is 2.50. The number of rotatable bonds is 6. The van der Waals surface area contributed by atoms with Crippen LogP contribution in [0.3, 0.4) is 0 Å². The summed E-state index contributed by atoms with van der Waals surface area (Å²) in [6.45, 7) is 6.86. The van der Waals surface area contributed by atoms with Gasteiger partial charge in [0, 0.05) is 29.9 Å². The standard InChI is InChI=1S/C15H23NO3S/c1-4-19-12-9-15(18,14(12,2)3)10-16-13(17)8-11-6-5-7-20-11/h5-7,12,18H,4,8-10H2,1-3H3,(H,16,17)/t12-,15-/m0/s1. The van der Waals surface area contributed by atoms with Gasteiger partial charge in [-0.2, -0.15) is 0 Å². The highest BCUT2D eigenvalue weighted by molar-refractivity contribution is 7.10. The predicted octanol–water partition coefficient (Wildman–Crippen LogP) is 1.97. The molecule has 1 aromatic rings. The van der Waals surface area contributed by atoms with E-state index in [0.29, 0.717) is 19.4 Å². The van der Waals surface area contributed by atoms with E-state index in [0.717, 1.165) is 4.88 Å². The van der Waals surface area contributed by atoms with Crippen LogP contribution < -0.4 is 5.32 Å². The second-order valence-corrected chi connectivity index (χ2v) is 6.97. The van der Waals surface area contributed by atoms with Gasteiger partial charge >= 0.3 is 0 Å². The molecule has 1 saturated carbocycles. The first-order chi connectivity index (χ1) is 9.39. The Morgan fingerprint density at radius 2 is 2.35 bits per heavy atom. The molecule has 0 radical (unpaired) electrons. The summed E-state index contributed by atoms with van der Waals surface area (Å²) in [5.74, 6) is -0.0449. The van der Waals surface area contributed by atoms with Crippen LogP contribution in [0.1, 0.15) is 32.1 Å². The van der Waals surface area contributed by atoms with Crippen LogP contribution in [0.2, 0.25) is 0 Å². The number of hydrogen-bond acceptors (Lipinski definition) is 4. The lowest BCUT2D eigenvalue weighted by atomic mass is 9.56. The molecule has 2 N–H and O–H groups in total. The molecule has 1 amide bonds. The molecule has 1 aromatic heterocycles. The predicted molar refractivity (Wildman–Crippen MR) is 79.8 cm³/mol. The Bertz CT molecular complexity index is 458. The van der Waals surface area contributed by atoms with Crippen molar-refractivity contribution in [1.29, 1.82) is 0 Å². The number of thiophene rings is 1. The van der Waals surface area contributed by atoms with Crippen molar-refractivity contribution in [2.75, 3.05) is 13.2 Å². The Labute approximate surface area is 124 Å². The first-order valence-corrected chi connectivity index (χ1v) is 7.90. The molecule has 1 aliphatic carbocycles. The topological polar surface area (TPSA) is 58.6 Å². The van der Waals surface area contributed by atoms with Gasteiger partial charge in [-0.3, -0.25) is 4.79 Å². The number of carbonyl (C=O) groups excluding carboxylic acids is 1. The quantitative estimate of drug-likeness (QED) is 0.844. The second-order valence-electron chi connectivity index (χ2n) is 5.93. The van der Waals surface area contributed by atoms with Gasteiger partial charge in [-0.05, 0) is 18.4 Å². The number of amides is 1. The average Bonchev–Trinajstić information content (AvgIpc) is 2.89. The molecule has 112 valence electrons. The largest absolute Gasteiger partial charge is 0.387 e. The molecule has 20 heavy (non-hydrogen) atoms. The normalized spacial score (nSPS) is 27.9. The van der Waals surface area contributed by atoms with Crippen LogP contribution in [0.4, 0.5) is 0 Å². The maximum absolute atomic E-state index is 11.9. The fraction of sp³-hybridized carbons (Fsp3) is 0.667. The van der Waals surface area contributed by atoms with E-state index >= 15 is 0 Å². The molecule has 2 rings (SSSR count). The highest BCUT2D eigenvalue weighted by atomic mass is 32.1. The molecule has 1 aliphatic rings.